The number of hydrogen-bond donors (Lipinski definition) is 1. The van der Waals surface area contributed by atoms with Gasteiger partial charge in [-0.25, -0.2) is 9.98 Å². The first-order chi connectivity index (χ1) is 12.3. The van der Waals surface area contributed by atoms with Gasteiger partial charge in [0.05, 0.1) is 19.8 Å². The Morgan fingerprint density at radius 3 is 3.00 bits per heavy atom. The number of aliphatic imine (C=N–C) groups is 1. The lowest BCUT2D eigenvalue weighted by molar-refractivity contribution is 0.122. The minimum Gasteiger partial charge on any atom is -0.378 e. The van der Waals surface area contributed by atoms with Crippen LogP contribution in [0.4, 0.5) is 5.82 Å². The molecule has 2 rings (SSSR count). The van der Waals surface area contributed by atoms with E-state index in [9.17, 15) is 0 Å². The maximum absolute atomic E-state index is 5.45. The number of morpholine rings is 1. The summed E-state index contributed by atoms with van der Waals surface area (Å²) in [5.41, 5.74) is 1.15. The van der Waals surface area contributed by atoms with E-state index < -0.39 is 0 Å². The number of hydrogen-bond acceptors (Lipinski definition) is 4. The number of allylic oxidation sites excluding steroid dienone is 1. The van der Waals surface area contributed by atoms with Crippen LogP contribution in [0, 0.1) is 0 Å². The Morgan fingerprint density at radius 2 is 2.28 bits per heavy atom. The molecule has 0 saturated carbocycles. The number of ether oxygens (including phenoxy) is 1. The van der Waals surface area contributed by atoms with Crippen LogP contribution in [0.5, 0.6) is 0 Å². The van der Waals surface area contributed by atoms with Crippen molar-refractivity contribution in [2.24, 2.45) is 4.99 Å². The number of nitrogens with one attached hydrogen (secondary N) is 1. The summed E-state index contributed by atoms with van der Waals surface area (Å²) in [4.78, 5) is 13.9. The predicted molar refractivity (Wildman–Crippen MR) is 104 cm³/mol. The van der Waals surface area contributed by atoms with E-state index in [4.69, 9.17) is 9.73 Å². The Kier molecular flexibility index (Phi) is 8.25. The van der Waals surface area contributed by atoms with Crippen LogP contribution in [0.25, 0.3) is 0 Å². The van der Waals surface area contributed by atoms with Gasteiger partial charge in [-0.3, -0.25) is 0 Å². The molecule has 1 aliphatic heterocycles. The van der Waals surface area contributed by atoms with Gasteiger partial charge in [-0.1, -0.05) is 12.1 Å². The zero-order chi connectivity index (χ0) is 17.9. The quantitative estimate of drug-likeness (QED) is 0.339. The topological polar surface area (TPSA) is 53.0 Å². The summed E-state index contributed by atoms with van der Waals surface area (Å²) in [6.45, 7) is 11.6. The standard InChI is InChI=1S/C19H31N5O/c1-4-6-7-11-23(3)19(20-5-2)22-16-17-9-8-10-21-18(17)24-12-14-25-15-13-24/h4,8-10H,1,5-7,11-16H2,2-3H3,(H,20,22). The number of aromatic nitrogens is 1. The van der Waals surface area contributed by atoms with Gasteiger partial charge in [0.15, 0.2) is 5.96 Å². The maximum atomic E-state index is 5.45. The molecule has 1 aromatic heterocycles. The Morgan fingerprint density at radius 1 is 1.48 bits per heavy atom. The van der Waals surface area contributed by atoms with Crippen molar-refractivity contribution in [3.8, 4) is 0 Å². The van der Waals surface area contributed by atoms with Crippen LogP contribution < -0.4 is 10.2 Å². The summed E-state index contributed by atoms with van der Waals surface area (Å²) in [7, 11) is 2.08. The molecule has 25 heavy (non-hydrogen) atoms. The molecule has 0 radical (unpaired) electrons. The van der Waals surface area contributed by atoms with E-state index in [2.05, 4.69) is 46.7 Å². The molecule has 0 unspecified atom stereocenters. The molecular formula is C19H31N5O. The van der Waals surface area contributed by atoms with Crippen molar-refractivity contribution in [1.29, 1.82) is 0 Å². The molecular weight excluding hydrogens is 314 g/mol. The second-order valence-electron chi connectivity index (χ2n) is 6.11. The first kappa shape index (κ1) is 19.2. The van der Waals surface area contributed by atoms with E-state index in [1.165, 1.54) is 0 Å². The molecule has 0 atom stereocenters. The number of anilines is 1. The van der Waals surface area contributed by atoms with E-state index in [0.29, 0.717) is 6.54 Å². The molecule has 1 fully saturated rings. The van der Waals surface area contributed by atoms with Crippen LogP contribution in [0.15, 0.2) is 36.0 Å². The van der Waals surface area contributed by atoms with Crippen molar-refractivity contribution in [3.63, 3.8) is 0 Å². The fourth-order valence-electron chi connectivity index (χ4n) is 2.82. The van der Waals surface area contributed by atoms with E-state index in [-0.39, 0.29) is 0 Å². The molecule has 138 valence electrons. The van der Waals surface area contributed by atoms with Crippen LogP contribution in [-0.4, -0.2) is 62.3 Å². The summed E-state index contributed by atoms with van der Waals surface area (Å²) in [5, 5.41) is 3.37. The van der Waals surface area contributed by atoms with Crippen molar-refractivity contribution >= 4 is 11.8 Å². The van der Waals surface area contributed by atoms with Crippen molar-refractivity contribution in [2.75, 3.05) is 51.3 Å². The third-order valence-corrected chi connectivity index (χ3v) is 4.18. The van der Waals surface area contributed by atoms with Gasteiger partial charge >= 0.3 is 0 Å². The molecule has 0 spiro atoms. The van der Waals surface area contributed by atoms with E-state index in [1.807, 2.05) is 18.3 Å². The molecule has 0 amide bonds. The molecule has 1 aromatic rings. The van der Waals surface area contributed by atoms with Gasteiger partial charge in [0.25, 0.3) is 0 Å². The summed E-state index contributed by atoms with van der Waals surface area (Å²) >= 11 is 0. The SMILES string of the molecule is C=CCCCN(C)C(=NCc1cccnc1N1CCOCC1)NCC. The lowest BCUT2D eigenvalue weighted by Crippen LogP contribution is -2.39. The van der Waals surface area contributed by atoms with Gasteiger partial charge in [0, 0.05) is 45.0 Å². The zero-order valence-corrected chi connectivity index (χ0v) is 15.6. The van der Waals surface area contributed by atoms with Gasteiger partial charge < -0.3 is 19.9 Å². The first-order valence-electron chi connectivity index (χ1n) is 9.13. The molecule has 2 heterocycles. The lowest BCUT2D eigenvalue weighted by atomic mass is 10.2. The minimum atomic E-state index is 0.620. The predicted octanol–water partition coefficient (Wildman–Crippen LogP) is 2.28. The van der Waals surface area contributed by atoms with Crippen LogP contribution in [0.1, 0.15) is 25.3 Å². The Hall–Kier alpha value is -2.08. The number of rotatable bonds is 8. The fraction of sp³-hybridized carbons (Fsp3) is 0.579. The highest BCUT2D eigenvalue weighted by Gasteiger charge is 2.16. The monoisotopic (exact) mass is 345 g/mol. The second-order valence-corrected chi connectivity index (χ2v) is 6.11. The van der Waals surface area contributed by atoms with E-state index in [1.54, 1.807) is 0 Å². The number of pyridine rings is 1. The summed E-state index contributed by atoms with van der Waals surface area (Å²) in [6, 6.07) is 4.10. The summed E-state index contributed by atoms with van der Waals surface area (Å²) in [5.74, 6) is 1.96. The first-order valence-corrected chi connectivity index (χ1v) is 9.13. The average Bonchev–Trinajstić information content (AvgIpc) is 2.66. The fourth-order valence-corrected chi connectivity index (χ4v) is 2.82. The molecule has 6 heteroatoms. The highest BCUT2D eigenvalue weighted by atomic mass is 16.5. The molecule has 1 N–H and O–H groups in total. The normalized spacial score (nSPS) is 15.1. The van der Waals surface area contributed by atoms with E-state index >= 15 is 0 Å². The van der Waals surface area contributed by atoms with Gasteiger partial charge in [0.2, 0.25) is 0 Å². The van der Waals surface area contributed by atoms with Crippen LogP contribution >= 0.6 is 0 Å². The molecule has 0 aliphatic carbocycles. The zero-order valence-electron chi connectivity index (χ0n) is 15.6. The van der Waals surface area contributed by atoms with Crippen molar-refractivity contribution in [2.45, 2.75) is 26.3 Å². The third-order valence-electron chi connectivity index (χ3n) is 4.18. The van der Waals surface area contributed by atoms with Crippen molar-refractivity contribution < 1.29 is 4.74 Å². The van der Waals surface area contributed by atoms with Gasteiger partial charge in [-0.2, -0.15) is 0 Å². The Labute approximate surface area is 151 Å². The largest absolute Gasteiger partial charge is 0.378 e. The molecule has 1 saturated heterocycles. The highest BCUT2D eigenvalue weighted by Crippen LogP contribution is 2.19. The minimum absolute atomic E-state index is 0.620. The Balaban J connectivity index is 2.07. The number of nitrogens with zero attached hydrogens (tertiary/aromatic N) is 4. The average molecular weight is 345 g/mol. The smallest absolute Gasteiger partial charge is 0.193 e. The lowest BCUT2D eigenvalue weighted by Gasteiger charge is -2.29. The van der Waals surface area contributed by atoms with Gasteiger partial charge in [-0.05, 0) is 25.8 Å². The Bertz CT molecular complexity index is 555. The third kappa shape index (κ3) is 6.05. The van der Waals surface area contributed by atoms with Crippen molar-refractivity contribution in [3.05, 3.63) is 36.5 Å². The molecule has 0 aromatic carbocycles. The van der Waals surface area contributed by atoms with Gasteiger partial charge in [0.1, 0.15) is 5.82 Å². The number of unbranched alkanes of at least 4 members (excludes halogenated alkanes) is 1. The van der Waals surface area contributed by atoms with Crippen molar-refractivity contribution in [1.82, 2.24) is 15.2 Å². The second kappa shape index (κ2) is 10.7. The molecule has 0 bridgehead atoms. The molecule has 6 nitrogen and oxygen atoms in total. The van der Waals surface area contributed by atoms with E-state index in [0.717, 1.165) is 69.6 Å². The highest BCUT2D eigenvalue weighted by molar-refractivity contribution is 5.79. The van der Waals surface area contributed by atoms with Crippen LogP contribution in [-0.2, 0) is 11.3 Å². The molecule has 1 aliphatic rings. The van der Waals surface area contributed by atoms with Crippen LogP contribution in [0.2, 0.25) is 0 Å². The summed E-state index contributed by atoms with van der Waals surface area (Å²) in [6.07, 6.45) is 5.91. The van der Waals surface area contributed by atoms with Gasteiger partial charge in [-0.15, -0.1) is 6.58 Å². The van der Waals surface area contributed by atoms with Crippen LogP contribution in [0.3, 0.4) is 0 Å². The maximum Gasteiger partial charge on any atom is 0.193 e. The number of guanidine groups is 1. The summed E-state index contributed by atoms with van der Waals surface area (Å²) < 4.78 is 5.45.